The molecule has 1 fully saturated rings. The second kappa shape index (κ2) is 5.25. The van der Waals surface area contributed by atoms with Gasteiger partial charge in [-0.15, -0.1) is 0 Å². The van der Waals surface area contributed by atoms with Gasteiger partial charge in [-0.25, -0.2) is 4.39 Å². The topological polar surface area (TPSA) is 38.0 Å². The number of halogens is 2. The van der Waals surface area contributed by atoms with Crippen molar-refractivity contribution in [3.8, 4) is 0 Å². The predicted molar refractivity (Wildman–Crippen MR) is 66.6 cm³/mol. The molecule has 1 saturated carbocycles. The van der Waals surface area contributed by atoms with Crippen molar-refractivity contribution in [2.45, 2.75) is 18.9 Å². The van der Waals surface area contributed by atoms with Crippen molar-refractivity contribution in [3.05, 3.63) is 34.1 Å². The van der Waals surface area contributed by atoms with E-state index in [-0.39, 0.29) is 11.9 Å². The average molecular weight is 287 g/mol. The van der Waals surface area contributed by atoms with Crippen molar-refractivity contribution < 1.29 is 4.39 Å². The molecule has 2 nitrogen and oxygen atoms in total. The van der Waals surface area contributed by atoms with Crippen LogP contribution in [0.1, 0.15) is 24.4 Å². The molecule has 1 aliphatic rings. The van der Waals surface area contributed by atoms with E-state index in [1.165, 1.54) is 18.9 Å². The summed E-state index contributed by atoms with van der Waals surface area (Å²) in [7, 11) is 0. The number of benzene rings is 1. The smallest absolute Gasteiger partial charge is 0.129 e. The molecule has 1 aliphatic carbocycles. The van der Waals surface area contributed by atoms with Gasteiger partial charge in [-0.2, -0.15) is 0 Å². The van der Waals surface area contributed by atoms with Gasteiger partial charge in [-0.05, 0) is 37.4 Å². The minimum Gasteiger partial charge on any atom is -0.329 e. The zero-order chi connectivity index (χ0) is 11.5. The van der Waals surface area contributed by atoms with Crippen molar-refractivity contribution in [2.75, 3.05) is 13.1 Å². The Morgan fingerprint density at radius 3 is 2.81 bits per heavy atom. The van der Waals surface area contributed by atoms with Crippen LogP contribution in [0.25, 0.3) is 0 Å². The maximum Gasteiger partial charge on any atom is 0.129 e. The highest BCUT2D eigenvalue weighted by Crippen LogP contribution is 2.29. The number of hydrogen-bond donors (Lipinski definition) is 2. The predicted octanol–water partition coefficient (Wildman–Crippen LogP) is 2.59. The van der Waals surface area contributed by atoms with Crippen LogP contribution in [0.3, 0.4) is 0 Å². The van der Waals surface area contributed by atoms with Crippen LogP contribution >= 0.6 is 15.9 Å². The van der Waals surface area contributed by atoms with Crippen molar-refractivity contribution in [1.82, 2.24) is 5.32 Å². The molecule has 1 aromatic rings. The van der Waals surface area contributed by atoms with Gasteiger partial charge in [0.15, 0.2) is 0 Å². The first-order chi connectivity index (χ1) is 7.70. The van der Waals surface area contributed by atoms with E-state index in [1.54, 1.807) is 6.07 Å². The Kier molecular flexibility index (Phi) is 3.95. The molecule has 16 heavy (non-hydrogen) atoms. The Labute approximate surface area is 104 Å². The zero-order valence-electron chi connectivity index (χ0n) is 9.05. The van der Waals surface area contributed by atoms with Crippen molar-refractivity contribution >= 4 is 15.9 Å². The van der Waals surface area contributed by atoms with Crippen LogP contribution in [0, 0.1) is 11.7 Å². The second-order valence-electron chi connectivity index (χ2n) is 4.31. The minimum atomic E-state index is -0.201. The maximum atomic E-state index is 13.7. The normalized spacial score (nSPS) is 17.4. The summed E-state index contributed by atoms with van der Waals surface area (Å²) >= 11 is 3.25. The van der Waals surface area contributed by atoms with Gasteiger partial charge >= 0.3 is 0 Å². The molecule has 0 aliphatic heterocycles. The molecule has 0 bridgehead atoms. The molecule has 0 spiro atoms. The van der Waals surface area contributed by atoms with Crippen LogP contribution in [-0.2, 0) is 0 Å². The lowest BCUT2D eigenvalue weighted by Gasteiger charge is -2.18. The first-order valence-electron chi connectivity index (χ1n) is 5.59. The highest BCUT2D eigenvalue weighted by molar-refractivity contribution is 9.10. The number of nitrogens with one attached hydrogen (secondary N) is 1. The standard InChI is InChI=1S/C12H16BrFN2/c13-9-3-4-10(11(14)5-9)12(6-15)16-7-8-1-2-8/h3-5,8,12,16H,1-2,6-7,15H2. The lowest BCUT2D eigenvalue weighted by molar-refractivity contribution is 0.493. The summed E-state index contributed by atoms with van der Waals surface area (Å²) in [6.07, 6.45) is 2.57. The van der Waals surface area contributed by atoms with Gasteiger partial charge in [0.25, 0.3) is 0 Å². The van der Waals surface area contributed by atoms with Gasteiger partial charge in [0, 0.05) is 22.6 Å². The van der Waals surface area contributed by atoms with Crippen molar-refractivity contribution in [3.63, 3.8) is 0 Å². The van der Waals surface area contributed by atoms with Crippen LogP contribution in [0.4, 0.5) is 4.39 Å². The Balaban J connectivity index is 2.05. The number of hydrogen-bond acceptors (Lipinski definition) is 2. The fraction of sp³-hybridized carbons (Fsp3) is 0.500. The molecule has 0 amide bonds. The fourth-order valence-corrected chi connectivity index (χ4v) is 2.07. The van der Waals surface area contributed by atoms with E-state index in [2.05, 4.69) is 21.2 Å². The molecular formula is C12H16BrFN2. The summed E-state index contributed by atoms with van der Waals surface area (Å²) in [5.74, 6) is 0.570. The largest absolute Gasteiger partial charge is 0.329 e. The third-order valence-corrected chi connectivity index (χ3v) is 3.42. The van der Waals surface area contributed by atoms with Crippen LogP contribution in [-0.4, -0.2) is 13.1 Å². The lowest BCUT2D eigenvalue weighted by Crippen LogP contribution is -2.30. The quantitative estimate of drug-likeness (QED) is 0.873. The first kappa shape index (κ1) is 12.0. The molecule has 0 radical (unpaired) electrons. The van der Waals surface area contributed by atoms with Crippen LogP contribution in [0.5, 0.6) is 0 Å². The molecule has 0 heterocycles. The highest BCUT2D eigenvalue weighted by Gasteiger charge is 2.23. The Morgan fingerprint density at radius 2 is 2.25 bits per heavy atom. The maximum absolute atomic E-state index is 13.7. The van der Waals surface area contributed by atoms with E-state index >= 15 is 0 Å². The molecule has 88 valence electrons. The van der Waals surface area contributed by atoms with Gasteiger partial charge < -0.3 is 11.1 Å². The molecule has 2 rings (SSSR count). The van der Waals surface area contributed by atoms with E-state index in [4.69, 9.17) is 5.73 Å². The monoisotopic (exact) mass is 286 g/mol. The van der Waals surface area contributed by atoms with Crippen LogP contribution in [0.15, 0.2) is 22.7 Å². The van der Waals surface area contributed by atoms with Crippen molar-refractivity contribution in [1.29, 1.82) is 0 Å². The summed E-state index contributed by atoms with van der Waals surface area (Å²) in [4.78, 5) is 0. The molecule has 3 N–H and O–H groups in total. The Morgan fingerprint density at radius 1 is 1.50 bits per heavy atom. The van der Waals surface area contributed by atoms with Gasteiger partial charge in [-0.1, -0.05) is 22.0 Å². The van der Waals surface area contributed by atoms with E-state index in [0.717, 1.165) is 16.9 Å². The van der Waals surface area contributed by atoms with Gasteiger partial charge in [0.05, 0.1) is 0 Å². The van der Waals surface area contributed by atoms with Crippen LogP contribution < -0.4 is 11.1 Å². The molecule has 0 aromatic heterocycles. The second-order valence-corrected chi connectivity index (χ2v) is 5.22. The van der Waals surface area contributed by atoms with E-state index in [1.807, 2.05) is 6.07 Å². The molecular weight excluding hydrogens is 271 g/mol. The third kappa shape index (κ3) is 3.03. The first-order valence-corrected chi connectivity index (χ1v) is 6.38. The molecule has 4 heteroatoms. The summed E-state index contributed by atoms with van der Waals surface area (Å²) in [6.45, 7) is 1.36. The summed E-state index contributed by atoms with van der Waals surface area (Å²) in [6, 6.07) is 5.04. The summed E-state index contributed by atoms with van der Waals surface area (Å²) < 4.78 is 14.5. The Hall–Kier alpha value is -0.450. The SMILES string of the molecule is NCC(NCC1CC1)c1ccc(Br)cc1F. The molecule has 1 atom stereocenters. The molecule has 0 saturated heterocycles. The molecule has 1 unspecified atom stereocenters. The number of nitrogens with two attached hydrogens (primary N) is 1. The molecule has 1 aromatic carbocycles. The number of rotatable bonds is 5. The third-order valence-electron chi connectivity index (χ3n) is 2.92. The fourth-order valence-electron chi connectivity index (χ4n) is 1.74. The van der Waals surface area contributed by atoms with Gasteiger partial charge in [-0.3, -0.25) is 0 Å². The lowest BCUT2D eigenvalue weighted by atomic mass is 10.1. The minimum absolute atomic E-state index is 0.0753. The highest BCUT2D eigenvalue weighted by atomic mass is 79.9. The summed E-state index contributed by atoms with van der Waals surface area (Å²) in [5.41, 5.74) is 6.34. The van der Waals surface area contributed by atoms with E-state index in [0.29, 0.717) is 12.1 Å². The van der Waals surface area contributed by atoms with Crippen LogP contribution in [0.2, 0.25) is 0 Å². The van der Waals surface area contributed by atoms with E-state index < -0.39 is 0 Å². The van der Waals surface area contributed by atoms with Gasteiger partial charge in [0.2, 0.25) is 0 Å². The van der Waals surface area contributed by atoms with E-state index in [9.17, 15) is 4.39 Å². The average Bonchev–Trinajstić information content (AvgIpc) is 3.05. The summed E-state index contributed by atoms with van der Waals surface area (Å²) in [5, 5.41) is 3.33. The zero-order valence-corrected chi connectivity index (χ0v) is 10.6. The van der Waals surface area contributed by atoms with Gasteiger partial charge in [0.1, 0.15) is 5.82 Å². The van der Waals surface area contributed by atoms with Crippen molar-refractivity contribution in [2.24, 2.45) is 11.7 Å². The Bertz CT molecular complexity index is 366.